The minimum Gasteiger partial charge on any atom is -0.396 e. The number of nitrogen functional groups attached to an aromatic ring is 1. The zero-order valence-corrected chi connectivity index (χ0v) is 9.57. The number of alkyl halides is 3. The first-order valence-corrected chi connectivity index (χ1v) is 5.26. The van der Waals surface area contributed by atoms with Gasteiger partial charge in [-0.1, -0.05) is 15.9 Å². The van der Waals surface area contributed by atoms with Crippen molar-refractivity contribution in [3.63, 3.8) is 0 Å². The maximum absolute atomic E-state index is 12.3. The monoisotopic (exact) mass is 314 g/mol. The first kappa shape index (κ1) is 10.8. The van der Waals surface area contributed by atoms with Crippen LogP contribution in [0.25, 0.3) is 0 Å². The van der Waals surface area contributed by atoms with Gasteiger partial charge in [0, 0.05) is 9.80 Å². The van der Waals surface area contributed by atoms with Crippen LogP contribution < -0.4 is 5.73 Å². The van der Waals surface area contributed by atoms with Crippen molar-refractivity contribution in [3.8, 4) is 0 Å². The first-order valence-electron chi connectivity index (χ1n) is 3.35. The average Bonchev–Trinajstić information content (AvgIpc) is 2.09. The molecule has 0 saturated heterocycles. The number of nitrogens with zero attached hydrogens (tertiary/aromatic N) is 1. The van der Waals surface area contributed by atoms with Crippen molar-refractivity contribution in [2.24, 2.45) is 0 Å². The third-order valence-electron chi connectivity index (χ3n) is 1.46. The summed E-state index contributed by atoms with van der Waals surface area (Å²) in [4.78, 5) is 3.70. The number of aromatic nitrogens is 1. The highest BCUT2D eigenvalue weighted by molar-refractivity contribution is 9.10. The van der Waals surface area contributed by atoms with Crippen LogP contribution in [-0.4, -0.2) is 4.98 Å². The summed E-state index contributed by atoms with van der Waals surface area (Å²) in [5, 5.41) is 0.359. The van der Waals surface area contributed by atoms with E-state index in [4.69, 9.17) is 5.73 Å². The number of anilines is 1. The molecule has 0 fully saturated rings. The van der Waals surface area contributed by atoms with Crippen LogP contribution in [0.3, 0.4) is 0 Å². The summed E-state index contributed by atoms with van der Waals surface area (Å²) >= 11 is 6.20. The fraction of sp³-hybridized carbons (Fsp3) is 0.286. The Balaban J connectivity index is 3.22. The SMILES string of the molecule is Nc1c(Br)cc(C(F)F)nc1CBr. The molecule has 0 bridgehead atoms. The zero-order chi connectivity index (χ0) is 10.0. The maximum atomic E-state index is 12.3. The third-order valence-corrected chi connectivity index (χ3v) is 2.64. The molecule has 0 saturated carbocycles. The van der Waals surface area contributed by atoms with Gasteiger partial charge in [0.25, 0.3) is 6.43 Å². The molecule has 1 aromatic rings. The van der Waals surface area contributed by atoms with Crippen LogP contribution >= 0.6 is 31.9 Å². The molecule has 0 spiro atoms. The van der Waals surface area contributed by atoms with Crippen LogP contribution in [0.15, 0.2) is 10.5 Å². The predicted molar refractivity (Wildman–Crippen MR) is 53.9 cm³/mol. The lowest BCUT2D eigenvalue weighted by Crippen LogP contribution is -2.01. The first-order chi connectivity index (χ1) is 6.06. The highest BCUT2D eigenvalue weighted by Crippen LogP contribution is 2.28. The van der Waals surface area contributed by atoms with E-state index in [-0.39, 0.29) is 5.69 Å². The highest BCUT2D eigenvalue weighted by atomic mass is 79.9. The molecule has 72 valence electrons. The largest absolute Gasteiger partial charge is 0.396 e. The fourth-order valence-electron chi connectivity index (χ4n) is 0.807. The van der Waals surface area contributed by atoms with E-state index in [0.717, 1.165) is 0 Å². The Labute approximate surface area is 90.8 Å². The van der Waals surface area contributed by atoms with E-state index in [1.165, 1.54) is 6.07 Å². The van der Waals surface area contributed by atoms with Gasteiger partial charge in [-0.3, -0.25) is 0 Å². The van der Waals surface area contributed by atoms with E-state index in [9.17, 15) is 8.78 Å². The van der Waals surface area contributed by atoms with Crippen LogP contribution in [-0.2, 0) is 5.33 Å². The van der Waals surface area contributed by atoms with Gasteiger partial charge in [-0.2, -0.15) is 0 Å². The smallest absolute Gasteiger partial charge is 0.280 e. The second-order valence-corrected chi connectivity index (χ2v) is 3.74. The second kappa shape index (κ2) is 4.32. The lowest BCUT2D eigenvalue weighted by Gasteiger charge is -2.06. The van der Waals surface area contributed by atoms with Crippen LogP contribution in [0.2, 0.25) is 0 Å². The van der Waals surface area contributed by atoms with Gasteiger partial charge in [0.1, 0.15) is 5.69 Å². The number of halogens is 4. The van der Waals surface area contributed by atoms with Crippen LogP contribution in [0.5, 0.6) is 0 Å². The molecule has 0 aliphatic rings. The molecule has 13 heavy (non-hydrogen) atoms. The molecular weight excluding hydrogens is 310 g/mol. The Bertz CT molecular complexity index is 318. The number of hydrogen-bond acceptors (Lipinski definition) is 2. The van der Waals surface area contributed by atoms with Crippen molar-refractivity contribution in [2.75, 3.05) is 5.73 Å². The lowest BCUT2D eigenvalue weighted by atomic mass is 10.3. The summed E-state index contributed by atoms with van der Waals surface area (Å²) in [5.74, 6) is 0. The Morgan fingerprint density at radius 1 is 1.54 bits per heavy atom. The molecule has 0 aliphatic carbocycles. The summed E-state index contributed by atoms with van der Waals surface area (Å²) < 4.78 is 25.0. The predicted octanol–water partition coefficient (Wildman–Crippen LogP) is 3.26. The third kappa shape index (κ3) is 2.37. The Hall–Kier alpha value is -0.230. The Morgan fingerprint density at radius 3 is 2.62 bits per heavy atom. The molecule has 0 aromatic carbocycles. The van der Waals surface area contributed by atoms with Gasteiger partial charge in [0.15, 0.2) is 0 Å². The molecule has 0 amide bonds. The quantitative estimate of drug-likeness (QED) is 0.851. The van der Waals surface area contributed by atoms with Gasteiger partial charge in [0.05, 0.1) is 11.4 Å². The minimum absolute atomic E-state index is 0.268. The molecule has 0 unspecified atom stereocenters. The van der Waals surface area contributed by atoms with E-state index >= 15 is 0 Å². The molecule has 2 nitrogen and oxygen atoms in total. The normalized spacial score (nSPS) is 10.8. The topological polar surface area (TPSA) is 38.9 Å². The van der Waals surface area contributed by atoms with Crippen LogP contribution in [0.4, 0.5) is 14.5 Å². The van der Waals surface area contributed by atoms with Gasteiger partial charge >= 0.3 is 0 Å². The average molecular weight is 316 g/mol. The summed E-state index contributed by atoms with van der Waals surface area (Å²) in [6.45, 7) is 0. The molecule has 1 aromatic heterocycles. The van der Waals surface area contributed by atoms with Crippen molar-refractivity contribution >= 4 is 37.5 Å². The van der Waals surface area contributed by atoms with E-state index in [2.05, 4.69) is 36.8 Å². The van der Waals surface area contributed by atoms with E-state index < -0.39 is 6.43 Å². The maximum Gasteiger partial charge on any atom is 0.280 e. The lowest BCUT2D eigenvalue weighted by molar-refractivity contribution is 0.146. The van der Waals surface area contributed by atoms with E-state index in [0.29, 0.717) is 21.2 Å². The zero-order valence-electron chi connectivity index (χ0n) is 6.40. The minimum atomic E-state index is -2.57. The van der Waals surface area contributed by atoms with Crippen molar-refractivity contribution in [3.05, 3.63) is 21.9 Å². The standard InChI is InChI=1S/C7H6Br2F2N2/c8-2-5-6(12)3(9)1-4(13-5)7(10)11/h1,7H,2,12H2. The molecule has 0 aliphatic heterocycles. The second-order valence-electron chi connectivity index (χ2n) is 2.32. The van der Waals surface area contributed by atoms with Crippen molar-refractivity contribution in [2.45, 2.75) is 11.8 Å². The van der Waals surface area contributed by atoms with Crippen molar-refractivity contribution in [1.29, 1.82) is 0 Å². The Morgan fingerprint density at radius 2 is 2.15 bits per heavy atom. The number of pyridine rings is 1. The summed E-state index contributed by atoms with van der Waals surface area (Å²) in [5.41, 5.74) is 6.12. The molecule has 6 heteroatoms. The number of rotatable bonds is 2. The van der Waals surface area contributed by atoms with E-state index in [1.54, 1.807) is 0 Å². The van der Waals surface area contributed by atoms with Crippen LogP contribution in [0.1, 0.15) is 17.8 Å². The van der Waals surface area contributed by atoms with Crippen molar-refractivity contribution < 1.29 is 8.78 Å². The van der Waals surface area contributed by atoms with Gasteiger partial charge in [-0.05, 0) is 22.0 Å². The molecule has 1 rings (SSSR count). The highest BCUT2D eigenvalue weighted by Gasteiger charge is 2.13. The summed E-state index contributed by atoms with van der Waals surface area (Å²) in [6, 6.07) is 1.23. The molecule has 0 radical (unpaired) electrons. The molecule has 1 heterocycles. The molecule has 0 atom stereocenters. The Kier molecular flexibility index (Phi) is 3.61. The number of nitrogens with two attached hydrogens (primary N) is 1. The fourth-order valence-corrected chi connectivity index (χ4v) is 1.70. The van der Waals surface area contributed by atoms with Gasteiger partial charge in [-0.25, -0.2) is 13.8 Å². The van der Waals surface area contributed by atoms with E-state index in [1.807, 2.05) is 0 Å². The van der Waals surface area contributed by atoms with Gasteiger partial charge < -0.3 is 5.73 Å². The van der Waals surface area contributed by atoms with Gasteiger partial charge in [-0.15, -0.1) is 0 Å². The summed E-state index contributed by atoms with van der Waals surface area (Å²) in [6.07, 6.45) is -2.57. The van der Waals surface area contributed by atoms with Gasteiger partial charge in [0.2, 0.25) is 0 Å². The molecular formula is C7H6Br2F2N2. The number of hydrogen-bond donors (Lipinski definition) is 1. The summed E-state index contributed by atoms with van der Waals surface area (Å²) in [7, 11) is 0. The van der Waals surface area contributed by atoms with Crippen molar-refractivity contribution in [1.82, 2.24) is 4.98 Å². The van der Waals surface area contributed by atoms with Crippen LogP contribution in [0, 0.1) is 0 Å². The molecule has 2 N–H and O–H groups in total.